The molecule has 3 aliphatic rings. The maximum absolute atomic E-state index is 13.4. The molecule has 0 spiro atoms. The second-order valence-electron chi connectivity index (χ2n) is 9.51. The molecule has 4 amide bonds. The molecule has 1 N–H and O–H groups in total. The third kappa shape index (κ3) is 3.20. The summed E-state index contributed by atoms with van der Waals surface area (Å²) in [6.07, 6.45) is 5.58. The number of likely N-dealkylation sites (tertiary alicyclic amines) is 1. The third-order valence-electron chi connectivity index (χ3n) is 7.53. The van der Waals surface area contributed by atoms with Crippen molar-refractivity contribution in [3.63, 3.8) is 0 Å². The van der Waals surface area contributed by atoms with Gasteiger partial charge in [0.15, 0.2) is 0 Å². The summed E-state index contributed by atoms with van der Waals surface area (Å²) in [5.74, 6) is 0.0695. The Morgan fingerprint density at radius 2 is 1.84 bits per heavy atom. The van der Waals surface area contributed by atoms with Crippen molar-refractivity contribution in [2.75, 3.05) is 6.54 Å². The van der Waals surface area contributed by atoms with Gasteiger partial charge in [-0.15, -0.1) is 0 Å². The molecule has 31 heavy (non-hydrogen) atoms. The smallest absolute Gasteiger partial charge is 0.325 e. The van der Waals surface area contributed by atoms with Gasteiger partial charge >= 0.3 is 6.03 Å². The topological polar surface area (TPSA) is 69.7 Å². The molecule has 6 nitrogen and oxygen atoms in total. The maximum atomic E-state index is 13.4. The second kappa shape index (κ2) is 7.36. The number of carbonyl (C=O) groups is 3. The average molecular weight is 420 g/mol. The Balaban J connectivity index is 1.37. The van der Waals surface area contributed by atoms with Gasteiger partial charge in [0.25, 0.3) is 5.91 Å². The van der Waals surface area contributed by atoms with Gasteiger partial charge in [0.05, 0.1) is 0 Å². The Hall–Kier alpha value is -2.89. The summed E-state index contributed by atoms with van der Waals surface area (Å²) in [5, 5.41) is 4.92. The van der Waals surface area contributed by atoms with Crippen LogP contribution in [0, 0.1) is 5.92 Å². The van der Waals surface area contributed by atoms with E-state index in [1.165, 1.54) is 12.8 Å². The molecule has 2 aromatic carbocycles. The average Bonchev–Trinajstić information content (AvgIpc) is 3.22. The summed E-state index contributed by atoms with van der Waals surface area (Å²) in [6.45, 7) is 3.61. The molecule has 2 saturated heterocycles. The van der Waals surface area contributed by atoms with Gasteiger partial charge in [0.1, 0.15) is 12.1 Å². The largest absolute Gasteiger partial charge is 0.335 e. The highest BCUT2D eigenvalue weighted by Crippen LogP contribution is 2.40. The number of hydrogen-bond acceptors (Lipinski definition) is 3. The van der Waals surface area contributed by atoms with Crippen LogP contribution in [-0.2, 0) is 15.1 Å². The second-order valence-corrected chi connectivity index (χ2v) is 9.51. The summed E-state index contributed by atoms with van der Waals surface area (Å²) < 4.78 is 0. The lowest BCUT2D eigenvalue weighted by atomic mass is 9.85. The summed E-state index contributed by atoms with van der Waals surface area (Å²) >= 11 is 0. The number of nitrogens with one attached hydrogen (secondary N) is 1. The lowest BCUT2D eigenvalue weighted by Gasteiger charge is -2.34. The molecular formula is C25H29N3O3. The van der Waals surface area contributed by atoms with Crippen LogP contribution >= 0.6 is 0 Å². The van der Waals surface area contributed by atoms with Crippen molar-refractivity contribution in [2.24, 2.45) is 5.92 Å². The molecule has 3 fully saturated rings. The van der Waals surface area contributed by atoms with Gasteiger partial charge in [0, 0.05) is 12.1 Å². The number of benzene rings is 2. The number of nitrogens with zero attached hydrogens (tertiary/aromatic N) is 2. The molecule has 2 heterocycles. The zero-order valence-electron chi connectivity index (χ0n) is 18.1. The molecule has 2 aliphatic heterocycles. The van der Waals surface area contributed by atoms with E-state index in [0.29, 0.717) is 5.92 Å². The minimum atomic E-state index is -1.18. The highest BCUT2D eigenvalue weighted by molar-refractivity contribution is 6.09. The van der Waals surface area contributed by atoms with Gasteiger partial charge in [-0.05, 0) is 61.4 Å². The van der Waals surface area contributed by atoms with Crippen molar-refractivity contribution in [1.82, 2.24) is 15.1 Å². The number of imide groups is 1. The van der Waals surface area contributed by atoms with Gasteiger partial charge in [0.2, 0.25) is 5.91 Å². The van der Waals surface area contributed by atoms with Crippen LogP contribution < -0.4 is 5.32 Å². The van der Waals surface area contributed by atoms with Gasteiger partial charge in [-0.2, -0.15) is 0 Å². The molecule has 1 saturated carbocycles. The molecule has 1 aliphatic carbocycles. The summed E-state index contributed by atoms with van der Waals surface area (Å²) in [4.78, 5) is 42.4. The predicted molar refractivity (Wildman–Crippen MR) is 118 cm³/mol. The molecule has 5 rings (SSSR count). The number of carbonyl (C=O) groups excluding carboxylic acids is 3. The minimum absolute atomic E-state index is 0.117. The van der Waals surface area contributed by atoms with Crippen LogP contribution in [0.4, 0.5) is 4.79 Å². The summed E-state index contributed by atoms with van der Waals surface area (Å²) in [7, 11) is 0. The fourth-order valence-corrected chi connectivity index (χ4v) is 5.89. The molecule has 4 atom stereocenters. The molecule has 0 radical (unpaired) electrons. The van der Waals surface area contributed by atoms with E-state index in [2.05, 4.69) is 12.2 Å². The van der Waals surface area contributed by atoms with E-state index >= 15 is 0 Å². The molecule has 0 aromatic heterocycles. The summed E-state index contributed by atoms with van der Waals surface area (Å²) in [5.41, 5.74) is -0.452. The zero-order chi connectivity index (χ0) is 21.8. The van der Waals surface area contributed by atoms with Crippen LogP contribution in [0.3, 0.4) is 0 Å². The van der Waals surface area contributed by atoms with Gasteiger partial charge in [-0.1, -0.05) is 49.2 Å². The van der Waals surface area contributed by atoms with Crippen LogP contribution in [-0.4, -0.2) is 46.3 Å². The van der Waals surface area contributed by atoms with Crippen molar-refractivity contribution in [2.45, 2.75) is 63.6 Å². The van der Waals surface area contributed by atoms with Crippen LogP contribution in [0.5, 0.6) is 0 Å². The Kier molecular flexibility index (Phi) is 4.76. The molecular weight excluding hydrogens is 390 g/mol. The summed E-state index contributed by atoms with van der Waals surface area (Å²) in [6, 6.07) is 13.6. The Labute approximate surface area is 182 Å². The van der Waals surface area contributed by atoms with Crippen LogP contribution in [0.25, 0.3) is 10.8 Å². The van der Waals surface area contributed by atoms with E-state index in [-0.39, 0.29) is 30.4 Å². The van der Waals surface area contributed by atoms with Crippen LogP contribution in [0.15, 0.2) is 42.5 Å². The quantitative estimate of drug-likeness (QED) is 0.770. The first-order valence-corrected chi connectivity index (χ1v) is 11.3. The SMILES string of the molecule is CC1CC2CCCCC2N1C(=O)CN1C(=O)NC(C)(c2ccc3ccccc3c2)C1=O. The van der Waals surface area contributed by atoms with Crippen molar-refractivity contribution < 1.29 is 14.4 Å². The standard InChI is InChI=1S/C25H29N3O3/c1-16-13-19-9-5-6-10-21(19)28(16)22(29)15-27-23(30)25(2,26-24(27)31)20-12-11-17-7-3-4-8-18(17)14-20/h3-4,7-8,11-12,14,16,19,21H,5-6,9-10,13,15H2,1-2H3,(H,26,31). The number of amides is 4. The van der Waals surface area contributed by atoms with Gasteiger partial charge in [-0.3, -0.25) is 14.5 Å². The molecule has 6 heteroatoms. The fraction of sp³-hybridized carbons (Fsp3) is 0.480. The van der Waals surface area contributed by atoms with Crippen molar-refractivity contribution in [3.8, 4) is 0 Å². The molecule has 2 aromatic rings. The van der Waals surface area contributed by atoms with E-state index in [0.717, 1.165) is 40.5 Å². The highest BCUT2D eigenvalue weighted by atomic mass is 16.2. The first-order valence-electron chi connectivity index (χ1n) is 11.3. The third-order valence-corrected chi connectivity index (χ3v) is 7.53. The van der Waals surface area contributed by atoms with E-state index in [9.17, 15) is 14.4 Å². The molecule has 0 bridgehead atoms. The molecule has 162 valence electrons. The number of urea groups is 1. The normalized spacial score (nSPS) is 30.6. The Bertz CT molecular complexity index is 1070. The first kappa shape index (κ1) is 20.0. The van der Waals surface area contributed by atoms with E-state index in [1.54, 1.807) is 6.92 Å². The van der Waals surface area contributed by atoms with Crippen molar-refractivity contribution in [1.29, 1.82) is 0 Å². The van der Waals surface area contributed by atoms with Crippen molar-refractivity contribution in [3.05, 3.63) is 48.0 Å². The lowest BCUT2D eigenvalue weighted by Crippen LogP contribution is -2.49. The predicted octanol–water partition coefficient (Wildman–Crippen LogP) is 3.79. The van der Waals surface area contributed by atoms with E-state index in [4.69, 9.17) is 0 Å². The zero-order valence-corrected chi connectivity index (χ0v) is 18.1. The fourth-order valence-electron chi connectivity index (χ4n) is 5.89. The van der Waals surface area contributed by atoms with Gasteiger partial charge in [-0.25, -0.2) is 4.79 Å². The minimum Gasteiger partial charge on any atom is -0.335 e. The number of hydrogen-bond donors (Lipinski definition) is 1. The number of fused-ring (bicyclic) bond motifs is 2. The lowest BCUT2D eigenvalue weighted by molar-refractivity contribution is -0.141. The highest BCUT2D eigenvalue weighted by Gasteiger charge is 2.51. The Morgan fingerprint density at radius 3 is 2.65 bits per heavy atom. The van der Waals surface area contributed by atoms with Crippen molar-refractivity contribution >= 4 is 28.6 Å². The molecule has 4 unspecified atom stereocenters. The first-order chi connectivity index (χ1) is 14.9. The van der Waals surface area contributed by atoms with Crippen LogP contribution in [0.2, 0.25) is 0 Å². The number of rotatable bonds is 3. The maximum Gasteiger partial charge on any atom is 0.325 e. The Morgan fingerprint density at radius 1 is 1.10 bits per heavy atom. The van der Waals surface area contributed by atoms with Crippen LogP contribution in [0.1, 0.15) is 51.5 Å². The van der Waals surface area contributed by atoms with Gasteiger partial charge < -0.3 is 10.2 Å². The van der Waals surface area contributed by atoms with E-state index < -0.39 is 11.6 Å². The monoisotopic (exact) mass is 419 g/mol. The van der Waals surface area contributed by atoms with E-state index in [1.807, 2.05) is 47.4 Å².